The summed E-state index contributed by atoms with van der Waals surface area (Å²) in [5.74, 6) is -1.66. The smallest absolute Gasteiger partial charge is 0.339 e. The third-order valence-corrected chi connectivity index (χ3v) is 6.33. The van der Waals surface area contributed by atoms with Crippen LogP contribution in [0, 0.1) is 5.82 Å². The van der Waals surface area contributed by atoms with E-state index in [0.717, 1.165) is 17.8 Å². The molecule has 1 N–H and O–H groups in total. The molecular weight excluding hydrogens is 539 g/mol. The number of esters is 2. The highest BCUT2D eigenvalue weighted by Crippen LogP contribution is 2.30. The summed E-state index contributed by atoms with van der Waals surface area (Å²) in [6.45, 7) is 5.80. The molecule has 1 aromatic heterocycles. The van der Waals surface area contributed by atoms with Crippen molar-refractivity contribution in [1.29, 1.82) is 0 Å². The van der Waals surface area contributed by atoms with Crippen molar-refractivity contribution in [2.75, 3.05) is 25.3 Å². The monoisotopic (exact) mass is 562 g/mol. The van der Waals surface area contributed by atoms with E-state index in [9.17, 15) is 18.8 Å². The van der Waals surface area contributed by atoms with Crippen LogP contribution in [-0.4, -0.2) is 52.6 Å². The number of thioether (sulfide) groups is 1. The molecule has 3 aromatic rings. The Hall–Kier alpha value is -3.90. The molecular formula is C25H24ClFN4O6S. The second-order valence-corrected chi connectivity index (χ2v) is 9.00. The Morgan fingerprint density at radius 2 is 1.89 bits per heavy atom. The molecule has 3 rings (SSSR count). The van der Waals surface area contributed by atoms with Crippen molar-refractivity contribution in [3.8, 4) is 5.75 Å². The second kappa shape index (κ2) is 13.1. The minimum atomic E-state index is -0.685. The van der Waals surface area contributed by atoms with Crippen LogP contribution in [0.25, 0.3) is 0 Å². The Labute approximate surface area is 227 Å². The second-order valence-electron chi connectivity index (χ2n) is 7.66. The molecule has 1 heterocycles. The number of ether oxygens (including phenoxy) is 3. The van der Waals surface area contributed by atoms with Gasteiger partial charge in [-0.1, -0.05) is 29.4 Å². The molecule has 0 bridgehead atoms. The maximum absolute atomic E-state index is 13.4. The molecule has 0 aliphatic heterocycles. The molecule has 0 spiro atoms. The van der Waals surface area contributed by atoms with E-state index >= 15 is 0 Å². The normalized spacial score (nSPS) is 11.4. The highest BCUT2D eigenvalue weighted by molar-refractivity contribution is 7.99. The summed E-state index contributed by atoms with van der Waals surface area (Å²) < 4.78 is 30.4. The predicted octanol–water partition coefficient (Wildman–Crippen LogP) is 4.70. The molecule has 200 valence electrons. The van der Waals surface area contributed by atoms with Gasteiger partial charge in [0.05, 0.1) is 41.8 Å². The van der Waals surface area contributed by atoms with Crippen LogP contribution in [0.1, 0.15) is 39.6 Å². The third kappa shape index (κ3) is 6.90. The fraction of sp³-hybridized carbons (Fsp3) is 0.240. The predicted molar refractivity (Wildman–Crippen MR) is 139 cm³/mol. The first-order valence-corrected chi connectivity index (χ1v) is 12.4. The fourth-order valence-electron chi connectivity index (χ4n) is 3.32. The highest BCUT2D eigenvalue weighted by Gasteiger charge is 2.22. The molecule has 1 amide bonds. The zero-order valence-electron chi connectivity index (χ0n) is 20.7. The van der Waals surface area contributed by atoms with Gasteiger partial charge in [0.25, 0.3) is 0 Å². The number of nitrogens with zero attached hydrogens (tertiary/aromatic N) is 3. The van der Waals surface area contributed by atoms with Crippen LogP contribution in [0.5, 0.6) is 5.75 Å². The number of carbonyl (C=O) groups excluding carboxylic acids is 3. The Balaban J connectivity index is 1.75. The molecule has 13 heteroatoms. The molecule has 1 atom stereocenters. The number of benzene rings is 2. The summed E-state index contributed by atoms with van der Waals surface area (Å²) in [5, 5.41) is 11.5. The van der Waals surface area contributed by atoms with Gasteiger partial charge in [-0.15, -0.1) is 16.8 Å². The van der Waals surface area contributed by atoms with Crippen LogP contribution in [0.2, 0.25) is 5.02 Å². The van der Waals surface area contributed by atoms with Crippen LogP contribution in [0.3, 0.4) is 0 Å². The number of carbonyl (C=O) groups is 3. The van der Waals surface area contributed by atoms with Gasteiger partial charge in [-0.05, 0) is 43.3 Å². The standard InChI is InChI=1S/C25H24ClFN4O6S/c1-5-10-31-22(14(2)37-20-9-7-16(27)12-18(20)26)29-30-25(31)38-13-21(32)28-19-11-15(23(33)35-3)6-8-17(19)24(34)36-4/h5-9,11-12,14H,1,10,13H2,2-4H3,(H,28,32). The number of hydrogen-bond acceptors (Lipinski definition) is 9. The first kappa shape index (κ1) is 28.7. The zero-order valence-corrected chi connectivity index (χ0v) is 22.3. The van der Waals surface area contributed by atoms with E-state index in [2.05, 4.69) is 22.1 Å². The topological polar surface area (TPSA) is 122 Å². The molecule has 0 radical (unpaired) electrons. The number of halogens is 2. The Morgan fingerprint density at radius 3 is 2.55 bits per heavy atom. The number of nitrogens with one attached hydrogen (secondary N) is 1. The minimum absolute atomic E-state index is 0.0704. The van der Waals surface area contributed by atoms with Gasteiger partial charge in [0, 0.05) is 6.54 Å². The van der Waals surface area contributed by atoms with E-state index < -0.39 is 29.8 Å². The van der Waals surface area contributed by atoms with Gasteiger partial charge in [0.15, 0.2) is 17.1 Å². The SMILES string of the molecule is C=CCn1c(SCC(=O)Nc2cc(C(=O)OC)ccc2C(=O)OC)nnc1C(C)Oc1ccc(F)cc1Cl. The molecule has 0 fully saturated rings. The quantitative estimate of drug-likeness (QED) is 0.201. The summed E-state index contributed by atoms with van der Waals surface area (Å²) in [6, 6.07) is 7.88. The molecule has 1 unspecified atom stereocenters. The van der Waals surface area contributed by atoms with Crippen LogP contribution in [0.4, 0.5) is 10.1 Å². The highest BCUT2D eigenvalue weighted by atomic mass is 35.5. The molecule has 0 saturated carbocycles. The van der Waals surface area contributed by atoms with Crippen molar-refractivity contribution in [2.24, 2.45) is 0 Å². The van der Waals surface area contributed by atoms with Crippen molar-refractivity contribution in [3.63, 3.8) is 0 Å². The molecule has 10 nitrogen and oxygen atoms in total. The van der Waals surface area contributed by atoms with Crippen molar-refractivity contribution in [2.45, 2.75) is 24.7 Å². The Morgan fingerprint density at radius 1 is 1.16 bits per heavy atom. The summed E-state index contributed by atoms with van der Waals surface area (Å²) >= 11 is 7.16. The zero-order chi connectivity index (χ0) is 27.8. The molecule has 2 aromatic carbocycles. The summed E-state index contributed by atoms with van der Waals surface area (Å²) in [6.07, 6.45) is 1.02. The number of amides is 1. The Bertz CT molecular complexity index is 1370. The van der Waals surface area contributed by atoms with Gasteiger partial charge in [-0.3, -0.25) is 9.36 Å². The summed E-state index contributed by atoms with van der Waals surface area (Å²) in [7, 11) is 2.43. The summed E-state index contributed by atoms with van der Waals surface area (Å²) in [4.78, 5) is 36.8. The van der Waals surface area contributed by atoms with Crippen molar-refractivity contribution >= 4 is 46.9 Å². The van der Waals surface area contributed by atoms with E-state index in [1.54, 1.807) is 17.6 Å². The number of methoxy groups -OCH3 is 2. The average Bonchev–Trinajstić information content (AvgIpc) is 3.30. The van der Waals surface area contributed by atoms with Crippen LogP contribution in [0.15, 0.2) is 54.2 Å². The van der Waals surface area contributed by atoms with E-state index in [1.165, 1.54) is 44.6 Å². The van der Waals surface area contributed by atoms with Gasteiger partial charge >= 0.3 is 11.9 Å². The number of anilines is 1. The van der Waals surface area contributed by atoms with Gasteiger partial charge in [-0.2, -0.15) is 0 Å². The van der Waals surface area contributed by atoms with E-state index in [4.69, 9.17) is 25.8 Å². The number of aromatic nitrogens is 3. The molecule has 0 aliphatic rings. The van der Waals surface area contributed by atoms with E-state index in [1.807, 2.05) is 0 Å². The largest absolute Gasteiger partial charge is 0.481 e. The lowest BCUT2D eigenvalue weighted by molar-refractivity contribution is -0.113. The van der Waals surface area contributed by atoms with Crippen molar-refractivity contribution in [1.82, 2.24) is 14.8 Å². The average molecular weight is 563 g/mol. The lowest BCUT2D eigenvalue weighted by Gasteiger charge is -2.16. The number of hydrogen-bond donors (Lipinski definition) is 1. The maximum atomic E-state index is 13.4. The van der Waals surface area contributed by atoms with Crippen LogP contribution >= 0.6 is 23.4 Å². The first-order valence-electron chi connectivity index (χ1n) is 11.1. The van der Waals surface area contributed by atoms with Gasteiger partial charge < -0.3 is 19.5 Å². The first-order chi connectivity index (χ1) is 18.2. The number of rotatable bonds is 11. The van der Waals surface area contributed by atoms with Gasteiger partial charge in [0.1, 0.15) is 11.6 Å². The Kier molecular flexibility index (Phi) is 9.85. The van der Waals surface area contributed by atoms with Crippen molar-refractivity contribution in [3.05, 3.63) is 76.8 Å². The minimum Gasteiger partial charge on any atom is -0.481 e. The maximum Gasteiger partial charge on any atom is 0.339 e. The lowest BCUT2D eigenvalue weighted by Crippen LogP contribution is -2.18. The fourth-order valence-corrected chi connectivity index (χ4v) is 4.29. The number of allylic oxidation sites excluding steroid dienone is 1. The summed E-state index contributed by atoms with van der Waals surface area (Å²) in [5.41, 5.74) is 0.312. The lowest BCUT2D eigenvalue weighted by atomic mass is 10.1. The molecule has 0 saturated heterocycles. The molecule has 38 heavy (non-hydrogen) atoms. The van der Waals surface area contributed by atoms with E-state index in [0.29, 0.717) is 17.5 Å². The third-order valence-electron chi connectivity index (χ3n) is 5.07. The van der Waals surface area contributed by atoms with Crippen LogP contribution < -0.4 is 10.1 Å². The van der Waals surface area contributed by atoms with E-state index in [-0.39, 0.29) is 33.3 Å². The molecule has 0 aliphatic carbocycles. The van der Waals surface area contributed by atoms with Crippen molar-refractivity contribution < 1.29 is 33.0 Å². The van der Waals surface area contributed by atoms with Gasteiger partial charge in [0.2, 0.25) is 5.91 Å². The van der Waals surface area contributed by atoms with Gasteiger partial charge in [-0.25, -0.2) is 14.0 Å². The van der Waals surface area contributed by atoms with Crippen LogP contribution in [-0.2, 0) is 20.8 Å².